The predicted molar refractivity (Wildman–Crippen MR) is 25.6 cm³/mol. The quantitative estimate of drug-likeness (QED) is 0.498. The molecule has 0 bridgehead atoms. The Morgan fingerprint density at radius 1 is 1.89 bits per heavy atom. The molecular weight excluding hydrogens is 124 g/mol. The van der Waals surface area contributed by atoms with Crippen LogP contribution in [0.25, 0.3) is 0 Å². The molecule has 0 aliphatic carbocycles. The molecule has 0 amide bonds. The lowest BCUT2D eigenvalue weighted by Crippen LogP contribution is -1.99. The molecule has 0 saturated carbocycles. The van der Waals surface area contributed by atoms with Crippen LogP contribution in [0.1, 0.15) is 6.92 Å². The van der Waals surface area contributed by atoms with E-state index in [-0.39, 0.29) is 5.95 Å². The van der Waals surface area contributed by atoms with Gasteiger partial charge in [-0.15, -0.1) is 5.10 Å². The highest BCUT2D eigenvalue weighted by Crippen LogP contribution is 2.03. The Kier molecular flexibility index (Phi) is 1.44. The first-order valence-electron chi connectivity index (χ1n) is 2.25. The van der Waals surface area contributed by atoms with Crippen LogP contribution in [0.5, 0.6) is 5.95 Å². The number of hydrogen-bond acceptors (Lipinski definition) is 5. The number of rotatable bonds is 1. The summed E-state index contributed by atoms with van der Waals surface area (Å²) < 4.78 is 8.76. The van der Waals surface area contributed by atoms with E-state index in [1.54, 1.807) is 0 Å². The van der Waals surface area contributed by atoms with E-state index in [9.17, 15) is 4.79 Å². The Morgan fingerprint density at radius 3 is 3.11 bits per heavy atom. The lowest BCUT2D eigenvalue weighted by molar-refractivity contribution is -0.133. The normalized spacial score (nSPS) is 9.00. The van der Waals surface area contributed by atoms with Crippen molar-refractivity contribution in [3.05, 3.63) is 6.20 Å². The van der Waals surface area contributed by atoms with E-state index in [0.29, 0.717) is 0 Å². The van der Waals surface area contributed by atoms with E-state index < -0.39 is 5.97 Å². The van der Waals surface area contributed by atoms with Crippen molar-refractivity contribution in [1.29, 1.82) is 0 Å². The average Bonchev–Trinajstić information content (AvgIpc) is 2.15. The molecule has 48 valence electrons. The second-order valence-electron chi connectivity index (χ2n) is 1.33. The van der Waals surface area contributed by atoms with Crippen LogP contribution in [-0.2, 0) is 4.79 Å². The Morgan fingerprint density at radius 2 is 2.67 bits per heavy atom. The van der Waals surface area contributed by atoms with Crippen LogP contribution >= 0.6 is 0 Å². The number of carbonyl (C=O) groups is 1. The van der Waals surface area contributed by atoms with Gasteiger partial charge in [-0.1, -0.05) is 0 Å². The van der Waals surface area contributed by atoms with Gasteiger partial charge in [0, 0.05) is 12.2 Å². The minimum absolute atomic E-state index is 0.0162. The van der Waals surface area contributed by atoms with Crippen LogP contribution in [0, 0.1) is 0 Å². The standard InChI is InChI=1S/C4H4N2O3/c1-3(7)8-4-2-5-6-9-4/h2H,1H3. The molecule has 1 aromatic rings. The Balaban J connectivity index is 2.58. The van der Waals surface area contributed by atoms with Gasteiger partial charge in [0.05, 0.1) is 0 Å². The molecule has 0 fully saturated rings. The molecule has 0 spiro atoms. The summed E-state index contributed by atoms with van der Waals surface area (Å²) in [5.74, 6) is -0.434. The van der Waals surface area contributed by atoms with Crippen molar-refractivity contribution in [2.24, 2.45) is 0 Å². The summed E-state index contributed by atoms with van der Waals surface area (Å²) in [5.41, 5.74) is 0. The molecule has 5 nitrogen and oxygen atoms in total. The molecule has 1 heterocycles. The first-order valence-corrected chi connectivity index (χ1v) is 2.25. The summed E-state index contributed by atoms with van der Waals surface area (Å²) in [6.07, 6.45) is 1.21. The van der Waals surface area contributed by atoms with Gasteiger partial charge in [-0.25, -0.2) is 0 Å². The highest BCUT2D eigenvalue weighted by Gasteiger charge is 1.99. The van der Waals surface area contributed by atoms with Gasteiger partial charge in [-0.05, 0) is 0 Å². The van der Waals surface area contributed by atoms with Gasteiger partial charge in [0.15, 0.2) is 0 Å². The van der Waals surface area contributed by atoms with Crippen molar-refractivity contribution in [1.82, 2.24) is 10.4 Å². The lowest BCUT2D eigenvalue weighted by atomic mass is 10.8. The van der Waals surface area contributed by atoms with Gasteiger partial charge < -0.3 is 4.74 Å². The molecule has 0 saturated heterocycles. The largest absolute Gasteiger partial charge is 0.390 e. The van der Waals surface area contributed by atoms with Crippen molar-refractivity contribution in [3.63, 3.8) is 0 Å². The maximum Gasteiger partial charge on any atom is 0.339 e. The zero-order chi connectivity index (χ0) is 6.69. The van der Waals surface area contributed by atoms with Crippen LogP contribution in [0.2, 0.25) is 0 Å². The fraction of sp³-hybridized carbons (Fsp3) is 0.250. The highest BCUT2D eigenvalue weighted by atomic mass is 16.7. The fourth-order valence-electron chi connectivity index (χ4n) is 0.345. The summed E-state index contributed by atoms with van der Waals surface area (Å²) in [4.78, 5) is 10.2. The fourth-order valence-corrected chi connectivity index (χ4v) is 0.345. The topological polar surface area (TPSA) is 65.2 Å². The van der Waals surface area contributed by atoms with E-state index >= 15 is 0 Å². The number of esters is 1. The first kappa shape index (κ1) is 5.74. The van der Waals surface area contributed by atoms with Gasteiger partial charge in [0.2, 0.25) is 0 Å². The highest BCUT2D eigenvalue weighted by molar-refractivity contribution is 5.68. The molecular formula is C4H4N2O3. The van der Waals surface area contributed by atoms with E-state index in [1.807, 2.05) is 0 Å². The maximum atomic E-state index is 10.2. The Bertz CT molecular complexity index is 194. The van der Waals surface area contributed by atoms with Crippen LogP contribution in [0.3, 0.4) is 0 Å². The maximum absolute atomic E-state index is 10.2. The first-order chi connectivity index (χ1) is 4.29. The molecule has 0 atom stereocenters. The summed E-state index contributed by atoms with van der Waals surface area (Å²) in [6, 6.07) is 0. The van der Waals surface area contributed by atoms with Crippen molar-refractivity contribution in [3.8, 4) is 5.95 Å². The number of nitrogens with zero attached hydrogens (tertiary/aromatic N) is 2. The van der Waals surface area contributed by atoms with E-state index in [2.05, 4.69) is 19.6 Å². The Labute approximate surface area is 50.6 Å². The second kappa shape index (κ2) is 2.25. The van der Waals surface area contributed by atoms with E-state index in [1.165, 1.54) is 13.1 Å². The number of aromatic nitrogens is 2. The van der Waals surface area contributed by atoms with E-state index in [4.69, 9.17) is 0 Å². The predicted octanol–water partition coefficient (Wildman–Crippen LogP) is -0.00510. The molecule has 5 heteroatoms. The van der Waals surface area contributed by atoms with Crippen LogP contribution < -0.4 is 4.74 Å². The third-order valence-electron chi connectivity index (χ3n) is 0.585. The zero-order valence-corrected chi connectivity index (χ0v) is 4.70. The minimum Gasteiger partial charge on any atom is -0.390 e. The van der Waals surface area contributed by atoms with Crippen LogP contribution in [0.15, 0.2) is 10.7 Å². The monoisotopic (exact) mass is 128 g/mol. The summed E-state index contributed by atoms with van der Waals surface area (Å²) in [7, 11) is 0. The number of hydrogen-bond donors (Lipinski definition) is 0. The van der Waals surface area contributed by atoms with Gasteiger partial charge >= 0.3 is 11.9 Å². The SMILES string of the molecule is CC(=O)Oc1cnno1. The molecule has 9 heavy (non-hydrogen) atoms. The molecule has 1 aromatic heterocycles. The minimum atomic E-state index is -0.450. The van der Waals surface area contributed by atoms with Crippen LogP contribution in [0.4, 0.5) is 0 Å². The van der Waals surface area contributed by atoms with Crippen molar-refractivity contribution < 1.29 is 14.1 Å². The molecule has 1 rings (SSSR count). The number of carbonyl (C=O) groups excluding carboxylic acids is 1. The molecule has 0 N–H and O–H groups in total. The third kappa shape index (κ3) is 1.52. The van der Waals surface area contributed by atoms with Gasteiger partial charge in [0.1, 0.15) is 6.20 Å². The summed E-state index contributed by atoms with van der Waals surface area (Å²) in [6.45, 7) is 1.27. The van der Waals surface area contributed by atoms with E-state index in [0.717, 1.165) is 0 Å². The average molecular weight is 128 g/mol. The van der Waals surface area contributed by atoms with Crippen molar-refractivity contribution >= 4 is 5.97 Å². The Hall–Kier alpha value is -1.39. The second-order valence-corrected chi connectivity index (χ2v) is 1.33. The summed E-state index contributed by atoms with van der Waals surface area (Å²) >= 11 is 0. The zero-order valence-electron chi connectivity index (χ0n) is 4.70. The lowest BCUT2D eigenvalue weighted by Gasteiger charge is -1.88. The van der Waals surface area contributed by atoms with Crippen molar-refractivity contribution in [2.45, 2.75) is 6.92 Å². The molecule has 0 aliphatic rings. The van der Waals surface area contributed by atoms with Gasteiger partial charge in [-0.3, -0.25) is 9.32 Å². The molecule has 0 aliphatic heterocycles. The molecule has 0 unspecified atom stereocenters. The number of ether oxygens (including phenoxy) is 1. The summed E-state index contributed by atoms with van der Waals surface area (Å²) in [5, 5.41) is 6.35. The van der Waals surface area contributed by atoms with Crippen LogP contribution in [-0.4, -0.2) is 16.3 Å². The van der Waals surface area contributed by atoms with Gasteiger partial charge in [-0.2, -0.15) is 0 Å². The molecule has 0 radical (unpaired) electrons. The molecule has 0 aromatic carbocycles. The third-order valence-corrected chi connectivity index (χ3v) is 0.585. The smallest absolute Gasteiger partial charge is 0.339 e. The van der Waals surface area contributed by atoms with Gasteiger partial charge in [0.25, 0.3) is 0 Å². The van der Waals surface area contributed by atoms with Crippen molar-refractivity contribution in [2.75, 3.05) is 0 Å².